The molecule has 0 saturated heterocycles. The lowest BCUT2D eigenvalue weighted by Crippen LogP contribution is -2.27. The number of carbonyl (C=O) groups is 1. The van der Waals surface area contributed by atoms with Gasteiger partial charge in [-0.2, -0.15) is 0 Å². The van der Waals surface area contributed by atoms with Gasteiger partial charge in [0.2, 0.25) is 5.91 Å². The summed E-state index contributed by atoms with van der Waals surface area (Å²) in [5, 5.41) is 2.83. The summed E-state index contributed by atoms with van der Waals surface area (Å²) in [6.45, 7) is 3.12. The Morgan fingerprint density at radius 3 is 1.77 bits per heavy atom. The van der Waals surface area contributed by atoms with Gasteiger partial charge in [-0.25, -0.2) is 0 Å². The van der Waals surface area contributed by atoms with Crippen LogP contribution in [0.3, 0.4) is 0 Å². The molecule has 0 atom stereocenters. The van der Waals surface area contributed by atoms with Crippen molar-refractivity contribution in [2.45, 2.75) is 71.1 Å². The van der Waals surface area contributed by atoms with Crippen molar-refractivity contribution in [3.05, 3.63) is 48.6 Å². The second-order valence-electron chi connectivity index (χ2n) is 6.37. The standard InChI is InChI=1S/C23H39NO2/c1-3-4-5-6-7-8-9-10-11-12-13-14-15-16-17-18-19-20-21-24-23(25)22-26-2/h7-8,10-11,13-14,16-17H,3-6,9,12,15,18-22H2,1-2H3,(H,24,25)/b8-7-,11-10-,14-13-,17-16-. The van der Waals surface area contributed by atoms with Crippen LogP contribution in [0.1, 0.15) is 71.1 Å². The molecule has 0 heterocycles. The minimum Gasteiger partial charge on any atom is -0.375 e. The van der Waals surface area contributed by atoms with Crippen molar-refractivity contribution in [1.82, 2.24) is 5.32 Å². The highest BCUT2D eigenvalue weighted by Gasteiger charge is 1.96. The fraction of sp³-hybridized carbons (Fsp3) is 0.609. The zero-order valence-corrected chi connectivity index (χ0v) is 16.9. The van der Waals surface area contributed by atoms with Crippen LogP contribution in [0.25, 0.3) is 0 Å². The number of carbonyl (C=O) groups excluding carboxylic acids is 1. The normalized spacial score (nSPS) is 12.2. The molecule has 0 spiro atoms. The van der Waals surface area contributed by atoms with E-state index in [4.69, 9.17) is 4.74 Å². The summed E-state index contributed by atoms with van der Waals surface area (Å²) in [6.07, 6.45) is 29.3. The van der Waals surface area contributed by atoms with E-state index in [1.54, 1.807) is 0 Å². The van der Waals surface area contributed by atoms with E-state index in [0.29, 0.717) is 0 Å². The second-order valence-corrected chi connectivity index (χ2v) is 6.37. The largest absolute Gasteiger partial charge is 0.375 e. The topological polar surface area (TPSA) is 38.3 Å². The molecule has 0 aromatic carbocycles. The number of rotatable bonds is 17. The number of hydrogen-bond acceptors (Lipinski definition) is 2. The molecule has 0 unspecified atom stereocenters. The SMILES string of the molecule is CCCCC/C=C\C/C=C\C/C=C\C/C=C\CCCCNC(=O)COC. The molecule has 3 heteroatoms. The average molecular weight is 362 g/mol. The van der Waals surface area contributed by atoms with Crippen LogP contribution in [-0.4, -0.2) is 26.2 Å². The highest BCUT2D eigenvalue weighted by molar-refractivity contribution is 5.77. The minimum absolute atomic E-state index is 0.0368. The Hall–Kier alpha value is -1.61. The molecule has 0 aromatic rings. The van der Waals surface area contributed by atoms with Gasteiger partial charge < -0.3 is 10.1 Å². The molecule has 0 rings (SSSR count). The molecular weight excluding hydrogens is 322 g/mol. The molecule has 26 heavy (non-hydrogen) atoms. The van der Waals surface area contributed by atoms with Gasteiger partial charge in [-0.15, -0.1) is 0 Å². The van der Waals surface area contributed by atoms with Gasteiger partial charge in [-0.3, -0.25) is 4.79 Å². The number of allylic oxidation sites excluding steroid dienone is 8. The number of methoxy groups -OCH3 is 1. The molecule has 1 N–H and O–H groups in total. The predicted octanol–water partition coefficient (Wildman–Crippen LogP) is 5.89. The van der Waals surface area contributed by atoms with Crippen LogP contribution < -0.4 is 5.32 Å². The molecule has 0 aliphatic rings. The first-order chi connectivity index (χ1) is 12.8. The lowest BCUT2D eigenvalue weighted by atomic mass is 10.2. The fourth-order valence-electron chi connectivity index (χ4n) is 2.36. The summed E-state index contributed by atoms with van der Waals surface area (Å²) >= 11 is 0. The molecule has 1 amide bonds. The van der Waals surface area contributed by atoms with Gasteiger partial charge in [0.1, 0.15) is 6.61 Å². The van der Waals surface area contributed by atoms with Crippen molar-refractivity contribution < 1.29 is 9.53 Å². The summed E-state index contributed by atoms with van der Waals surface area (Å²) in [7, 11) is 1.53. The third-order valence-corrected chi connectivity index (χ3v) is 3.85. The Labute approximate surface area is 161 Å². The van der Waals surface area contributed by atoms with Crippen molar-refractivity contribution in [1.29, 1.82) is 0 Å². The average Bonchev–Trinajstić information content (AvgIpc) is 2.64. The van der Waals surface area contributed by atoms with Crippen LogP contribution in [-0.2, 0) is 9.53 Å². The third kappa shape index (κ3) is 20.4. The van der Waals surface area contributed by atoms with Gasteiger partial charge in [0.15, 0.2) is 0 Å². The van der Waals surface area contributed by atoms with E-state index in [0.717, 1.165) is 45.1 Å². The molecule has 0 aliphatic carbocycles. The minimum atomic E-state index is -0.0368. The highest BCUT2D eigenvalue weighted by atomic mass is 16.5. The van der Waals surface area contributed by atoms with Crippen molar-refractivity contribution in [3.63, 3.8) is 0 Å². The molecular formula is C23H39NO2. The summed E-state index contributed by atoms with van der Waals surface area (Å²) < 4.78 is 4.76. The smallest absolute Gasteiger partial charge is 0.245 e. The van der Waals surface area contributed by atoms with Crippen LogP contribution >= 0.6 is 0 Å². The Kier molecular flexibility index (Phi) is 20.1. The monoisotopic (exact) mass is 361 g/mol. The van der Waals surface area contributed by atoms with E-state index in [1.807, 2.05) is 0 Å². The van der Waals surface area contributed by atoms with E-state index in [1.165, 1.54) is 32.8 Å². The maximum Gasteiger partial charge on any atom is 0.245 e. The predicted molar refractivity (Wildman–Crippen MR) is 113 cm³/mol. The van der Waals surface area contributed by atoms with Crippen LogP contribution in [0.4, 0.5) is 0 Å². The molecule has 0 aliphatic heterocycles. The van der Waals surface area contributed by atoms with Gasteiger partial charge in [-0.1, -0.05) is 68.4 Å². The fourth-order valence-corrected chi connectivity index (χ4v) is 2.36. The van der Waals surface area contributed by atoms with Gasteiger partial charge in [-0.05, 0) is 51.4 Å². The lowest BCUT2D eigenvalue weighted by molar-refractivity contribution is -0.124. The first-order valence-electron chi connectivity index (χ1n) is 10.2. The molecule has 0 fully saturated rings. The number of unbranched alkanes of at least 4 members (excludes halogenated alkanes) is 5. The quantitative estimate of drug-likeness (QED) is 0.259. The first kappa shape index (κ1) is 24.4. The summed E-state index contributed by atoms with van der Waals surface area (Å²) in [5.41, 5.74) is 0. The zero-order valence-electron chi connectivity index (χ0n) is 16.9. The molecule has 0 saturated carbocycles. The maximum absolute atomic E-state index is 11.2. The Balaban J connectivity index is 3.40. The van der Waals surface area contributed by atoms with Crippen molar-refractivity contribution in [2.24, 2.45) is 0 Å². The van der Waals surface area contributed by atoms with Crippen molar-refractivity contribution >= 4 is 5.91 Å². The summed E-state index contributed by atoms with van der Waals surface area (Å²) in [6, 6.07) is 0. The molecule has 3 nitrogen and oxygen atoms in total. The van der Waals surface area contributed by atoms with E-state index in [-0.39, 0.29) is 12.5 Å². The zero-order chi connectivity index (χ0) is 19.1. The second kappa shape index (κ2) is 21.4. The summed E-state index contributed by atoms with van der Waals surface area (Å²) in [5.74, 6) is -0.0368. The first-order valence-corrected chi connectivity index (χ1v) is 10.2. The van der Waals surface area contributed by atoms with E-state index < -0.39 is 0 Å². The van der Waals surface area contributed by atoms with E-state index in [9.17, 15) is 4.79 Å². The van der Waals surface area contributed by atoms with Gasteiger partial charge in [0.25, 0.3) is 0 Å². The summed E-state index contributed by atoms with van der Waals surface area (Å²) in [4.78, 5) is 11.2. The number of hydrogen-bond donors (Lipinski definition) is 1. The van der Waals surface area contributed by atoms with Crippen molar-refractivity contribution in [2.75, 3.05) is 20.3 Å². The van der Waals surface area contributed by atoms with Gasteiger partial charge in [0, 0.05) is 13.7 Å². The Bertz CT molecular complexity index is 422. The molecule has 0 aromatic heterocycles. The van der Waals surface area contributed by atoms with Crippen LogP contribution in [0.2, 0.25) is 0 Å². The van der Waals surface area contributed by atoms with Gasteiger partial charge in [0.05, 0.1) is 0 Å². The van der Waals surface area contributed by atoms with Crippen molar-refractivity contribution in [3.8, 4) is 0 Å². The molecule has 0 bridgehead atoms. The van der Waals surface area contributed by atoms with Crippen LogP contribution in [0.5, 0.6) is 0 Å². The number of nitrogens with one attached hydrogen (secondary N) is 1. The van der Waals surface area contributed by atoms with E-state index >= 15 is 0 Å². The van der Waals surface area contributed by atoms with Gasteiger partial charge >= 0.3 is 0 Å². The van der Waals surface area contributed by atoms with Crippen LogP contribution in [0, 0.1) is 0 Å². The number of amides is 1. The molecule has 148 valence electrons. The molecule has 0 radical (unpaired) electrons. The Morgan fingerprint density at radius 2 is 1.27 bits per heavy atom. The third-order valence-electron chi connectivity index (χ3n) is 3.85. The van der Waals surface area contributed by atoms with E-state index in [2.05, 4.69) is 60.8 Å². The Morgan fingerprint density at radius 1 is 0.769 bits per heavy atom. The lowest BCUT2D eigenvalue weighted by Gasteiger charge is -2.02. The number of ether oxygens (including phenoxy) is 1. The highest BCUT2D eigenvalue weighted by Crippen LogP contribution is 2.01. The maximum atomic E-state index is 11.2. The van der Waals surface area contributed by atoms with Crippen LogP contribution in [0.15, 0.2) is 48.6 Å².